The van der Waals surface area contributed by atoms with Crippen LogP contribution in [-0.2, 0) is 4.79 Å². The molecule has 3 heterocycles. The zero-order valence-electron chi connectivity index (χ0n) is 20.7. The molecule has 0 saturated carbocycles. The average molecular weight is 534 g/mol. The maximum atomic E-state index is 13.6. The number of amides is 2. The molecule has 3 aromatic rings. The maximum absolute atomic E-state index is 13.6. The van der Waals surface area contributed by atoms with Crippen molar-refractivity contribution >= 4 is 17.7 Å². The van der Waals surface area contributed by atoms with E-state index < -0.39 is 16.9 Å². The molecule has 2 atom stereocenters. The van der Waals surface area contributed by atoms with Crippen molar-refractivity contribution in [2.24, 2.45) is 0 Å². The van der Waals surface area contributed by atoms with Crippen LogP contribution in [0.3, 0.4) is 0 Å². The van der Waals surface area contributed by atoms with Gasteiger partial charge < -0.3 is 24.0 Å². The van der Waals surface area contributed by atoms with Crippen LogP contribution in [0, 0.1) is 15.9 Å². The van der Waals surface area contributed by atoms with E-state index in [0.717, 1.165) is 11.1 Å². The first-order valence-electron chi connectivity index (χ1n) is 12.6. The lowest BCUT2D eigenvalue weighted by atomic mass is 9.75. The predicted molar refractivity (Wildman–Crippen MR) is 135 cm³/mol. The van der Waals surface area contributed by atoms with E-state index in [1.807, 2.05) is 23.1 Å². The fraction of sp³-hybridized carbons (Fsp3) is 0.286. The normalized spacial score (nSPS) is 20.5. The number of non-ortho nitro benzene ring substituents is 1. The predicted octanol–water partition coefficient (Wildman–Crippen LogP) is 4.79. The van der Waals surface area contributed by atoms with E-state index in [1.165, 1.54) is 36.4 Å². The first-order valence-corrected chi connectivity index (χ1v) is 12.6. The number of piperidine rings is 1. The van der Waals surface area contributed by atoms with Crippen molar-refractivity contribution in [1.82, 2.24) is 9.80 Å². The minimum absolute atomic E-state index is 0.0452. The summed E-state index contributed by atoms with van der Waals surface area (Å²) >= 11 is 0. The number of benzene rings is 3. The van der Waals surface area contributed by atoms with Gasteiger partial charge in [-0.15, -0.1) is 0 Å². The number of hydrogen-bond acceptors (Lipinski definition) is 7. The molecule has 39 heavy (non-hydrogen) atoms. The number of rotatable bonds is 5. The number of halogens is 1. The summed E-state index contributed by atoms with van der Waals surface area (Å²) in [6.07, 6.45) is 0.560. The molecule has 0 spiro atoms. The number of fused-ring (bicyclic) bond motifs is 1. The minimum atomic E-state index is -0.547. The molecule has 0 bridgehead atoms. The summed E-state index contributed by atoms with van der Waals surface area (Å²) in [5.74, 6) is 0.612. The summed E-state index contributed by atoms with van der Waals surface area (Å²) in [6.45, 7) is 0.909. The Labute approximate surface area is 222 Å². The Hall–Kier alpha value is -4.67. The van der Waals surface area contributed by atoms with Crippen LogP contribution in [-0.4, -0.2) is 52.6 Å². The summed E-state index contributed by atoms with van der Waals surface area (Å²) in [7, 11) is 0. The van der Waals surface area contributed by atoms with Crippen molar-refractivity contribution in [1.29, 1.82) is 0 Å². The van der Waals surface area contributed by atoms with Crippen molar-refractivity contribution in [3.63, 3.8) is 0 Å². The molecule has 2 fully saturated rings. The highest BCUT2D eigenvalue weighted by molar-refractivity contribution is 5.92. The smallest absolute Gasteiger partial charge is 0.415 e. The Balaban J connectivity index is 1.17. The minimum Gasteiger partial charge on any atom is -0.454 e. The number of ether oxygens (including phenoxy) is 3. The zero-order chi connectivity index (χ0) is 27.1. The van der Waals surface area contributed by atoms with Gasteiger partial charge in [0.25, 0.3) is 5.69 Å². The Bertz CT molecular complexity index is 1420. The third-order valence-electron chi connectivity index (χ3n) is 7.47. The third-order valence-corrected chi connectivity index (χ3v) is 7.47. The van der Waals surface area contributed by atoms with Gasteiger partial charge in [-0.25, -0.2) is 9.18 Å². The number of carbonyl (C=O) groups is 2. The summed E-state index contributed by atoms with van der Waals surface area (Å²) in [4.78, 5) is 40.0. The monoisotopic (exact) mass is 533 g/mol. The Kier molecular flexibility index (Phi) is 6.26. The number of likely N-dealkylation sites (tertiary alicyclic amines) is 2. The molecular weight excluding hydrogens is 509 g/mol. The van der Waals surface area contributed by atoms with Crippen LogP contribution in [0.25, 0.3) is 0 Å². The molecule has 200 valence electrons. The molecule has 0 unspecified atom stereocenters. The molecule has 2 saturated heterocycles. The molecule has 2 amide bonds. The van der Waals surface area contributed by atoms with Gasteiger partial charge in [-0.05, 0) is 60.4 Å². The van der Waals surface area contributed by atoms with Crippen molar-refractivity contribution in [3.05, 3.63) is 93.8 Å². The van der Waals surface area contributed by atoms with E-state index in [-0.39, 0.29) is 42.0 Å². The topological polar surface area (TPSA) is 111 Å². The molecule has 3 aliphatic rings. The summed E-state index contributed by atoms with van der Waals surface area (Å²) in [5, 5.41) is 10.8. The van der Waals surface area contributed by atoms with E-state index in [0.29, 0.717) is 37.4 Å². The van der Waals surface area contributed by atoms with Gasteiger partial charge in [0.2, 0.25) is 12.7 Å². The van der Waals surface area contributed by atoms with Crippen molar-refractivity contribution in [2.45, 2.75) is 30.8 Å². The number of nitro groups is 1. The quantitative estimate of drug-likeness (QED) is 0.263. The van der Waals surface area contributed by atoms with Gasteiger partial charge in [0.05, 0.1) is 16.9 Å². The molecule has 0 N–H and O–H groups in total. The zero-order valence-corrected chi connectivity index (χ0v) is 20.7. The molecule has 6 rings (SSSR count). The lowest BCUT2D eigenvalue weighted by Crippen LogP contribution is -2.60. The second-order valence-corrected chi connectivity index (χ2v) is 9.67. The molecule has 0 radical (unpaired) electrons. The highest BCUT2D eigenvalue weighted by Gasteiger charge is 2.52. The van der Waals surface area contributed by atoms with Gasteiger partial charge in [-0.3, -0.25) is 14.9 Å². The number of carbonyl (C=O) groups excluding carboxylic acids is 2. The lowest BCUT2D eigenvalue weighted by molar-refractivity contribution is -0.384. The van der Waals surface area contributed by atoms with E-state index in [4.69, 9.17) is 14.2 Å². The molecule has 11 heteroatoms. The van der Waals surface area contributed by atoms with Crippen molar-refractivity contribution < 1.29 is 33.1 Å². The van der Waals surface area contributed by atoms with Gasteiger partial charge >= 0.3 is 6.09 Å². The number of β-lactam (4-membered cyclic amide) rings is 1. The van der Waals surface area contributed by atoms with Crippen molar-refractivity contribution in [2.75, 3.05) is 19.9 Å². The van der Waals surface area contributed by atoms with Crippen LogP contribution in [0.1, 0.15) is 35.9 Å². The van der Waals surface area contributed by atoms with Gasteiger partial charge in [-0.2, -0.15) is 0 Å². The van der Waals surface area contributed by atoms with E-state index in [2.05, 4.69) is 0 Å². The third kappa shape index (κ3) is 4.60. The molecule has 0 aromatic heterocycles. The second kappa shape index (κ2) is 9.90. The van der Waals surface area contributed by atoms with Crippen molar-refractivity contribution in [3.8, 4) is 17.2 Å². The van der Waals surface area contributed by atoms with E-state index >= 15 is 0 Å². The van der Waals surface area contributed by atoms with Crippen LogP contribution in [0.4, 0.5) is 14.9 Å². The van der Waals surface area contributed by atoms with Gasteiger partial charge in [0.1, 0.15) is 11.6 Å². The number of nitrogens with zero attached hydrogens (tertiary/aromatic N) is 3. The fourth-order valence-corrected chi connectivity index (χ4v) is 5.49. The molecule has 3 aliphatic heterocycles. The van der Waals surface area contributed by atoms with E-state index in [9.17, 15) is 24.1 Å². The number of nitro benzene ring substituents is 1. The molecular formula is C28H24FN3O7. The highest BCUT2D eigenvalue weighted by Crippen LogP contribution is 2.50. The standard InChI is InChI=1S/C28H24FN3O7/c29-19-4-1-17(2-5-19)25-26(18-3-10-23-24(15-18)38-16-37-23)31(27(25)33)20-11-13-30(14-12-20)28(34)39-22-8-6-21(7-9-22)32(35)36/h1-10,15,20,25-26H,11-14,16H2/t25-,26-/m1/s1. The van der Waals surface area contributed by atoms with Crippen LogP contribution in [0.5, 0.6) is 17.2 Å². The molecule has 0 aliphatic carbocycles. The first-order chi connectivity index (χ1) is 18.9. The summed E-state index contributed by atoms with van der Waals surface area (Å²) in [6, 6.07) is 16.6. The first kappa shape index (κ1) is 24.7. The van der Waals surface area contributed by atoms with Gasteiger partial charge in [0.15, 0.2) is 11.5 Å². The van der Waals surface area contributed by atoms with Gasteiger partial charge in [0, 0.05) is 31.3 Å². The van der Waals surface area contributed by atoms with Crippen LogP contribution in [0.15, 0.2) is 66.7 Å². The second-order valence-electron chi connectivity index (χ2n) is 9.67. The molecule has 10 nitrogen and oxygen atoms in total. The Morgan fingerprint density at radius 3 is 2.31 bits per heavy atom. The highest BCUT2D eigenvalue weighted by atomic mass is 19.1. The van der Waals surface area contributed by atoms with Crippen LogP contribution in [0.2, 0.25) is 0 Å². The maximum Gasteiger partial charge on any atom is 0.415 e. The Morgan fingerprint density at radius 2 is 1.62 bits per heavy atom. The molecule has 3 aromatic carbocycles. The van der Waals surface area contributed by atoms with Crippen LogP contribution >= 0.6 is 0 Å². The van der Waals surface area contributed by atoms with E-state index in [1.54, 1.807) is 17.0 Å². The van der Waals surface area contributed by atoms with Crippen LogP contribution < -0.4 is 14.2 Å². The lowest BCUT2D eigenvalue weighted by Gasteiger charge is -2.53. The largest absolute Gasteiger partial charge is 0.454 e. The average Bonchev–Trinajstić information content (AvgIpc) is 3.41. The Morgan fingerprint density at radius 1 is 0.949 bits per heavy atom. The SMILES string of the molecule is O=C(Oc1ccc([N+](=O)[O-])cc1)N1CCC(N2C(=O)[C@H](c3ccc(F)cc3)[C@H]2c2ccc3c(c2)OCO3)CC1. The number of hydrogen-bond donors (Lipinski definition) is 0. The fourth-order valence-electron chi connectivity index (χ4n) is 5.49. The van der Waals surface area contributed by atoms with Gasteiger partial charge in [-0.1, -0.05) is 18.2 Å². The summed E-state index contributed by atoms with van der Waals surface area (Å²) in [5.41, 5.74) is 1.54. The summed E-state index contributed by atoms with van der Waals surface area (Å²) < 4.78 is 30.0.